The van der Waals surface area contributed by atoms with Gasteiger partial charge in [-0.05, 0) is 32.7 Å². The minimum Gasteiger partial charge on any atom is -0.335 e. The molecule has 3 atom stereocenters. The molecule has 0 aliphatic heterocycles. The van der Waals surface area contributed by atoms with Gasteiger partial charge in [-0.15, -0.1) is 0 Å². The van der Waals surface area contributed by atoms with E-state index < -0.39 is 0 Å². The Labute approximate surface area is 91.9 Å². The third-order valence-corrected chi connectivity index (χ3v) is 3.85. The molecule has 1 aliphatic carbocycles. The summed E-state index contributed by atoms with van der Waals surface area (Å²) < 4.78 is 2.28. The number of imidazole rings is 1. The molecule has 3 heteroatoms. The average Bonchev–Trinajstić information content (AvgIpc) is 2.83. The molecular weight excluding hydrogens is 186 g/mol. The van der Waals surface area contributed by atoms with Gasteiger partial charge in [0.05, 0.1) is 0 Å². The molecule has 1 aliphatic rings. The topological polar surface area (TPSA) is 29.9 Å². The molecule has 1 aromatic rings. The van der Waals surface area contributed by atoms with Crippen LogP contribution in [0.3, 0.4) is 0 Å². The molecule has 0 amide bonds. The van der Waals surface area contributed by atoms with Gasteiger partial charge >= 0.3 is 0 Å². The van der Waals surface area contributed by atoms with Gasteiger partial charge in [0.25, 0.3) is 0 Å². The van der Waals surface area contributed by atoms with Crippen LogP contribution in [0.4, 0.5) is 0 Å². The number of nitrogens with one attached hydrogen (secondary N) is 1. The Morgan fingerprint density at radius 1 is 1.53 bits per heavy atom. The highest BCUT2D eigenvalue weighted by Gasteiger charge is 2.34. The summed E-state index contributed by atoms with van der Waals surface area (Å²) in [5.41, 5.74) is 0. The summed E-state index contributed by atoms with van der Waals surface area (Å²) in [5.74, 6) is 2.61. The van der Waals surface area contributed by atoms with Crippen molar-refractivity contribution in [1.29, 1.82) is 0 Å². The van der Waals surface area contributed by atoms with E-state index in [4.69, 9.17) is 0 Å². The Hall–Kier alpha value is -0.830. The van der Waals surface area contributed by atoms with Crippen molar-refractivity contribution in [3.8, 4) is 0 Å². The van der Waals surface area contributed by atoms with Crippen LogP contribution < -0.4 is 5.32 Å². The molecule has 0 spiro atoms. The molecule has 15 heavy (non-hydrogen) atoms. The lowest BCUT2D eigenvalue weighted by molar-refractivity contribution is 0.412. The zero-order chi connectivity index (χ0) is 10.8. The van der Waals surface area contributed by atoms with Crippen LogP contribution in [0.15, 0.2) is 12.4 Å². The van der Waals surface area contributed by atoms with Gasteiger partial charge in [0.15, 0.2) is 0 Å². The smallest absolute Gasteiger partial charge is 0.112 e. The Morgan fingerprint density at radius 2 is 2.33 bits per heavy atom. The first kappa shape index (κ1) is 10.7. The normalized spacial score (nSPS) is 31.0. The molecule has 3 nitrogen and oxygen atoms in total. The monoisotopic (exact) mass is 207 g/mol. The van der Waals surface area contributed by atoms with Crippen LogP contribution in [-0.4, -0.2) is 22.6 Å². The van der Waals surface area contributed by atoms with E-state index in [9.17, 15) is 0 Å². The minimum atomic E-state index is 0.636. The fourth-order valence-electron chi connectivity index (χ4n) is 2.85. The molecule has 0 aromatic carbocycles. The van der Waals surface area contributed by atoms with E-state index in [-0.39, 0.29) is 0 Å². The van der Waals surface area contributed by atoms with Crippen LogP contribution in [-0.2, 0) is 6.54 Å². The Bertz CT molecular complexity index is 318. The van der Waals surface area contributed by atoms with Gasteiger partial charge < -0.3 is 9.88 Å². The van der Waals surface area contributed by atoms with E-state index in [1.54, 1.807) is 0 Å². The summed E-state index contributed by atoms with van der Waals surface area (Å²) >= 11 is 0. The van der Waals surface area contributed by atoms with Crippen molar-refractivity contribution in [2.45, 2.75) is 45.2 Å². The van der Waals surface area contributed by atoms with Crippen LogP contribution in [0.1, 0.15) is 38.4 Å². The molecule has 0 radical (unpaired) electrons. The molecule has 2 rings (SSSR count). The van der Waals surface area contributed by atoms with Crippen LogP contribution >= 0.6 is 0 Å². The molecule has 0 bridgehead atoms. The van der Waals surface area contributed by atoms with Gasteiger partial charge in [-0.3, -0.25) is 0 Å². The molecule has 84 valence electrons. The Morgan fingerprint density at radius 3 is 2.93 bits per heavy atom. The highest BCUT2D eigenvalue weighted by Crippen LogP contribution is 2.38. The zero-order valence-corrected chi connectivity index (χ0v) is 9.90. The third-order valence-electron chi connectivity index (χ3n) is 3.85. The third kappa shape index (κ3) is 1.81. The molecule has 1 N–H and O–H groups in total. The van der Waals surface area contributed by atoms with Crippen molar-refractivity contribution < 1.29 is 0 Å². The molecule has 1 fully saturated rings. The van der Waals surface area contributed by atoms with Crippen LogP contribution in [0, 0.1) is 5.92 Å². The predicted octanol–water partition coefficient (Wildman–Crippen LogP) is 2.00. The fraction of sp³-hybridized carbons (Fsp3) is 0.750. The van der Waals surface area contributed by atoms with Crippen molar-refractivity contribution in [3.05, 3.63) is 18.2 Å². The SMILES string of the molecule is CCn1ccnc1C1CCC(NC)C1C. The van der Waals surface area contributed by atoms with Crippen LogP contribution in [0.2, 0.25) is 0 Å². The van der Waals surface area contributed by atoms with Gasteiger partial charge in [-0.2, -0.15) is 0 Å². The summed E-state index contributed by atoms with van der Waals surface area (Å²) in [6.45, 7) is 5.55. The standard InChI is InChI=1S/C12H21N3/c1-4-15-8-7-14-12(15)10-5-6-11(13-3)9(10)2/h7-11,13H,4-6H2,1-3H3. The van der Waals surface area contributed by atoms with Crippen molar-refractivity contribution in [2.75, 3.05) is 7.05 Å². The Balaban J connectivity index is 2.18. The molecular formula is C12H21N3. The highest BCUT2D eigenvalue weighted by atomic mass is 15.1. The van der Waals surface area contributed by atoms with Gasteiger partial charge in [-0.1, -0.05) is 6.92 Å². The molecule has 3 unspecified atom stereocenters. The van der Waals surface area contributed by atoms with E-state index in [1.807, 2.05) is 6.20 Å². The number of nitrogens with zero attached hydrogens (tertiary/aromatic N) is 2. The summed E-state index contributed by atoms with van der Waals surface area (Å²) in [4.78, 5) is 4.52. The second-order valence-electron chi connectivity index (χ2n) is 4.51. The number of hydrogen-bond acceptors (Lipinski definition) is 2. The highest BCUT2D eigenvalue weighted by molar-refractivity contribution is 5.07. The van der Waals surface area contributed by atoms with E-state index in [0.29, 0.717) is 17.9 Å². The van der Waals surface area contributed by atoms with Crippen molar-refractivity contribution in [3.63, 3.8) is 0 Å². The lowest BCUT2D eigenvalue weighted by Gasteiger charge is -2.20. The van der Waals surface area contributed by atoms with Crippen molar-refractivity contribution in [1.82, 2.24) is 14.9 Å². The minimum absolute atomic E-state index is 0.636. The van der Waals surface area contributed by atoms with Gasteiger partial charge in [0.2, 0.25) is 0 Å². The number of aryl methyl sites for hydroxylation is 1. The van der Waals surface area contributed by atoms with E-state index in [1.165, 1.54) is 18.7 Å². The predicted molar refractivity (Wildman–Crippen MR) is 61.9 cm³/mol. The average molecular weight is 207 g/mol. The van der Waals surface area contributed by atoms with Gasteiger partial charge in [0, 0.05) is 30.9 Å². The molecule has 1 saturated carbocycles. The summed E-state index contributed by atoms with van der Waals surface area (Å²) in [5, 5.41) is 3.41. The first-order valence-electron chi connectivity index (χ1n) is 5.96. The number of hydrogen-bond donors (Lipinski definition) is 1. The van der Waals surface area contributed by atoms with Crippen molar-refractivity contribution in [2.24, 2.45) is 5.92 Å². The summed E-state index contributed by atoms with van der Waals surface area (Å²) in [6, 6.07) is 0.664. The summed E-state index contributed by atoms with van der Waals surface area (Å²) in [6.07, 6.45) is 6.57. The maximum absolute atomic E-state index is 4.52. The van der Waals surface area contributed by atoms with Crippen LogP contribution in [0.25, 0.3) is 0 Å². The Kier molecular flexibility index (Phi) is 3.10. The van der Waals surface area contributed by atoms with Gasteiger partial charge in [0.1, 0.15) is 5.82 Å². The maximum atomic E-state index is 4.52. The molecule has 1 aromatic heterocycles. The second-order valence-corrected chi connectivity index (χ2v) is 4.51. The first-order valence-corrected chi connectivity index (χ1v) is 5.96. The quantitative estimate of drug-likeness (QED) is 0.821. The maximum Gasteiger partial charge on any atom is 0.112 e. The second kappa shape index (κ2) is 4.35. The lowest BCUT2D eigenvalue weighted by atomic mass is 9.95. The van der Waals surface area contributed by atoms with E-state index >= 15 is 0 Å². The zero-order valence-electron chi connectivity index (χ0n) is 9.90. The van der Waals surface area contributed by atoms with Crippen molar-refractivity contribution >= 4 is 0 Å². The largest absolute Gasteiger partial charge is 0.335 e. The number of aromatic nitrogens is 2. The van der Waals surface area contributed by atoms with Crippen LogP contribution in [0.5, 0.6) is 0 Å². The number of rotatable bonds is 3. The fourth-order valence-corrected chi connectivity index (χ4v) is 2.85. The molecule has 0 saturated heterocycles. The van der Waals surface area contributed by atoms with Gasteiger partial charge in [-0.25, -0.2) is 4.98 Å². The van der Waals surface area contributed by atoms with E-state index in [2.05, 4.69) is 42.0 Å². The molecule has 1 heterocycles. The first-order chi connectivity index (χ1) is 7.27. The van der Waals surface area contributed by atoms with E-state index in [0.717, 1.165) is 6.54 Å². The summed E-state index contributed by atoms with van der Waals surface area (Å²) in [7, 11) is 2.07. The lowest BCUT2D eigenvalue weighted by Crippen LogP contribution is -2.29.